The number of carbonyl (C=O) groups excluding carboxylic acids is 1. The molecule has 10 heteroatoms. The lowest BCUT2D eigenvalue weighted by atomic mass is 10.0. The molecule has 1 aliphatic rings. The summed E-state index contributed by atoms with van der Waals surface area (Å²) in [6.07, 6.45) is 2.41. The maximum atomic E-state index is 14.1. The van der Waals surface area contributed by atoms with Gasteiger partial charge in [0, 0.05) is 41.0 Å². The van der Waals surface area contributed by atoms with E-state index in [0.29, 0.717) is 35.2 Å². The number of nitrogens with zero attached hydrogens (tertiary/aromatic N) is 2. The molecule has 2 aromatic carbocycles. The van der Waals surface area contributed by atoms with Gasteiger partial charge in [-0.3, -0.25) is 4.79 Å². The molecule has 198 valence electrons. The van der Waals surface area contributed by atoms with Gasteiger partial charge in [-0.05, 0) is 50.6 Å². The van der Waals surface area contributed by atoms with Gasteiger partial charge in [-0.1, -0.05) is 35.3 Å². The quantitative estimate of drug-likeness (QED) is 0.268. The number of benzene rings is 2. The van der Waals surface area contributed by atoms with E-state index in [2.05, 4.69) is 4.98 Å². The molecule has 0 saturated carbocycles. The van der Waals surface area contributed by atoms with Gasteiger partial charge < -0.3 is 24.5 Å². The van der Waals surface area contributed by atoms with Crippen molar-refractivity contribution in [2.24, 2.45) is 0 Å². The van der Waals surface area contributed by atoms with Crippen molar-refractivity contribution < 1.29 is 23.1 Å². The van der Waals surface area contributed by atoms with Crippen LogP contribution in [-0.2, 0) is 4.74 Å². The van der Waals surface area contributed by atoms with Gasteiger partial charge in [-0.2, -0.15) is 0 Å². The molecule has 0 spiro atoms. The van der Waals surface area contributed by atoms with Crippen LogP contribution in [0.25, 0.3) is 22.1 Å². The standard InChI is InChI=1S/C28H26Cl2FN3O4/c1-14-11-34(12-15(2)37-14)28(35)18-6-4-17(5-7-18)20-13-36-25-19(20)10-33-27(32)26(25)38-16(3)23-21(29)8-9-22(31)24(23)30/h4-10,13-16H,11-12H2,1-3H3,(H2,32,33)/t14-,15+,16-/m1/s1. The minimum absolute atomic E-state index is 0.00805. The Bertz CT molecular complexity index is 1500. The first-order valence-corrected chi connectivity index (χ1v) is 12.9. The van der Waals surface area contributed by atoms with Crippen molar-refractivity contribution >= 4 is 45.9 Å². The van der Waals surface area contributed by atoms with E-state index in [1.807, 2.05) is 30.9 Å². The van der Waals surface area contributed by atoms with E-state index < -0.39 is 11.9 Å². The Labute approximate surface area is 229 Å². The number of carbonyl (C=O) groups is 1. The Balaban J connectivity index is 1.43. The van der Waals surface area contributed by atoms with Gasteiger partial charge in [-0.25, -0.2) is 9.37 Å². The number of pyridine rings is 1. The molecule has 2 aromatic heterocycles. The second-order valence-corrected chi connectivity index (χ2v) is 10.2. The molecular formula is C28H26Cl2FN3O4. The highest BCUT2D eigenvalue weighted by molar-refractivity contribution is 6.36. The third-order valence-corrected chi connectivity index (χ3v) is 7.25. The highest BCUT2D eigenvalue weighted by atomic mass is 35.5. The monoisotopic (exact) mass is 557 g/mol. The Morgan fingerprint density at radius 2 is 1.84 bits per heavy atom. The van der Waals surface area contributed by atoms with Crippen LogP contribution < -0.4 is 10.5 Å². The number of nitrogen functional groups attached to an aromatic ring is 1. The number of amides is 1. The van der Waals surface area contributed by atoms with Crippen LogP contribution in [0.3, 0.4) is 0 Å². The summed E-state index contributed by atoms with van der Waals surface area (Å²) in [5.74, 6) is -0.348. The van der Waals surface area contributed by atoms with E-state index in [0.717, 1.165) is 11.1 Å². The van der Waals surface area contributed by atoms with Gasteiger partial charge in [0.05, 0.1) is 28.9 Å². The van der Waals surface area contributed by atoms with Crippen LogP contribution in [0.2, 0.25) is 10.0 Å². The summed E-state index contributed by atoms with van der Waals surface area (Å²) in [5, 5.41) is 0.797. The average Bonchev–Trinajstić information content (AvgIpc) is 3.31. The summed E-state index contributed by atoms with van der Waals surface area (Å²) >= 11 is 12.4. The van der Waals surface area contributed by atoms with Gasteiger partial charge in [0.1, 0.15) is 11.9 Å². The lowest BCUT2D eigenvalue weighted by Crippen LogP contribution is -2.48. The Hall–Kier alpha value is -3.33. The number of nitrogens with two attached hydrogens (primary N) is 1. The van der Waals surface area contributed by atoms with Gasteiger partial charge in [0.15, 0.2) is 11.4 Å². The van der Waals surface area contributed by atoms with Crippen LogP contribution >= 0.6 is 23.2 Å². The van der Waals surface area contributed by atoms with E-state index in [9.17, 15) is 9.18 Å². The molecule has 1 saturated heterocycles. The number of halogens is 3. The molecule has 0 aliphatic carbocycles. The van der Waals surface area contributed by atoms with Crippen LogP contribution in [0.1, 0.15) is 42.8 Å². The molecule has 1 fully saturated rings. The minimum atomic E-state index is -0.745. The third-order valence-electron chi connectivity index (χ3n) is 6.53. The molecule has 1 amide bonds. The van der Waals surface area contributed by atoms with Crippen LogP contribution in [0, 0.1) is 5.82 Å². The molecule has 0 unspecified atom stereocenters. The highest BCUT2D eigenvalue weighted by Crippen LogP contribution is 2.41. The maximum Gasteiger partial charge on any atom is 0.254 e. The number of hydrogen-bond acceptors (Lipinski definition) is 6. The van der Waals surface area contributed by atoms with Crippen molar-refractivity contribution in [2.75, 3.05) is 18.8 Å². The topological polar surface area (TPSA) is 90.8 Å². The Kier molecular flexibility index (Phi) is 7.22. The molecule has 0 bridgehead atoms. The fraction of sp³-hybridized carbons (Fsp3) is 0.286. The molecule has 7 nitrogen and oxygen atoms in total. The van der Waals surface area contributed by atoms with Gasteiger partial charge in [-0.15, -0.1) is 0 Å². The predicted molar refractivity (Wildman–Crippen MR) is 145 cm³/mol. The van der Waals surface area contributed by atoms with Crippen LogP contribution in [0.15, 0.2) is 53.3 Å². The van der Waals surface area contributed by atoms with Crippen molar-refractivity contribution in [1.29, 1.82) is 0 Å². The number of hydrogen-bond donors (Lipinski definition) is 1. The largest absolute Gasteiger partial charge is 0.478 e. The molecule has 38 heavy (non-hydrogen) atoms. The molecule has 5 rings (SSSR count). The van der Waals surface area contributed by atoms with E-state index in [1.165, 1.54) is 12.1 Å². The molecule has 0 radical (unpaired) electrons. The first kappa shape index (κ1) is 26.3. The normalized spacial score (nSPS) is 18.5. The summed E-state index contributed by atoms with van der Waals surface area (Å²) in [4.78, 5) is 19.1. The summed E-state index contributed by atoms with van der Waals surface area (Å²) < 4.78 is 31.7. The zero-order chi connectivity index (χ0) is 27.1. The average molecular weight is 558 g/mol. The third kappa shape index (κ3) is 4.91. The molecule has 1 aliphatic heterocycles. The summed E-state index contributed by atoms with van der Waals surface area (Å²) in [5.41, 5.74) is 8.95. The number of anilines is 1. The van der Waals surface area contributed by atoms with Crippen LogP contribution in [0.4, 0.5) is 10.2 Å². The first-order chi connectivity index (χ1) is 18.1. The zero-order valence-corrected chi connectivity index (χ0v) is 22.5. The highest BCUT2D eigenvalue weighted by Gasteiger charge is 2.27. The van der Waals surface area contributed by atoms with Crippen molar-refractivity contribution in [3.63, 3.8) is 0 Å². The molecule has 3 atom stereocenters. The molecule has 2 N–H and O–H groups in total. The molecular weight excluding hydrogens is 532 g/mol. The van der Waals surface area contributed by atoms with E-state index in [-0.39, 0.29) is 39.7 Å². The lowest BCUT2D eigenvalue weighted by Gasteiger charge is -2.35. The van der Waals surface area contributed by atoms with Crippen molar-refractivity contribution in [2.45, 2.75) is 39.1 Å². The minimum Gasteiger partial charge on any atom is -0.478 e. The fourth-order valence-electron chi connectivity index (χ4n) is 4.79. The van der Waals surface area contributed by atoms with E-state index in [4.69, 9.17) is 42.8 Å². The SMILES string of the molecule is C[C@@H]1CN(C(=O)c2ccc(-c3coc4c(O[C@H](C)c5c(Cl)ccc(F)c5Cl)c(N)ncc34)cc2)C[C@H](C)O1. The van der Waals surface area contributed by atoms with E-state index >= 15 is 0 Å². The van der Waals surface area contributed by atoms with Crippen LogP contribution in [0.5, 0.6) is 5.75 Å². The van der Waals surface area contributed by atoms with Crippen molar-refractivity contribution in [1.82, 2.24) is 9.88 Å². The van der Waals surface area contributed by atoms with Gasteiger partial charge in [0.2, 0.25) is 5.75 Å². The summed E-state index contributed by atoms with van der Waals surface area (Å²) in [6, 6.07) is 9.91. The molecule has 4 aromatic rings. The fourth-order valence-corrected chi connectivity index (χ4v) is 5.47. The predicted octanol–water partition coefficient (Wildman–Crippen LogP) is 6.91. The number of morpholine rings is 1. The van der Waals surface area contributed by atoms with Gasteiger partial charge in [0.25, 0.3) is 5.91 Å². The number of furan rings is 1. The maximum absolute atomic E-state index is 14.1. The van der Waals surface area contributed by atoms with Crippen LogP contribution in [-0.4, -0.2) is 41.1 Å². The molecule has 3 heterocycles. The first-order valence-electron chi connectivity index (χ1n) is 12.1. The number of ether oxygens (including phenoxy) is 2. The lowest BCUT2D eigenvalue weighted by molar-refractivity contribution is -0.0586. The summed E-state index contributed by atoms with van der Waals surface area (Å²) in [7, 11) is 0. The number of rotatable bonds is 5. The Morgan fingerprint density at radius 1 is 1.16 bits per heavy atom. The number of aromatic nitrogens is 1. The second kappa shape index (κ2) is 10.4. The Morgan fingerprint density at radius 3 is 2.53 bits per heavy atom. The summed E-state index contributed by atoms with van der Waals surface area (Å²) in [6.45, 7) is 6.71. The van der Waals surface area contributed by atoms with Crippen molar-refractivity contribution in [3.8, 4) is 16.9 Å². The van der Waals surface area contributed by atoms with Gasteiger partial charge >= 0.3 is 0 Å². The number of fused-ring (bicyclic) bond motifs is 1. The van der Waals surface area contributed by atoms with E-state index in [1.54, 1.807) is 31.5 Å². The smallest absolute Gasteiger partial charge is 0.254 e. The zero-order valence-electron chi connectivity index (χ0n) is 21.0. The van der Waals surface area contributed by atoms with Crippen molar-refractivity contribution in [3.05, 3.63) is 75.8 Å². The second-order valence-electron chi connectivity index (χ2n) is 9.43.